The van der Waals surface area contributed by atoms with Crippen molar-refractivity contribution in [1.82, 2.24) is 0 Å². The number of benzene rings is 1. The van der Waals surface area contributed by atoms with E-state index in [2.05, 4.69) is 56.2 Å². The predicted molar refractivity (Wildman–Crippen MR) is 73.5 cm³/mol. The number of likely N-dealkylation sites (N-methyl/N-ethyl adjacent to an activating group) is 1. The maximum atomic E-state index is 3.91. The first-order valence-electron chi connectivity index (χ1n) is 5.52. The maximum Gasteiger partial charge on any atom is 0.211 e. The van der Waals surface area contributed by atoms with Crippen LogP contribution in [0.25, 0.3) is 0 Å². The van der Waals surface area contributed by atoms with E-state index < -0.39 is 0 Å². The number of hydrogen-bond acceptors (Lipinski definition) is 1. The van der Waals surface area contributed by atoms with Crippen molar-refractivity contribution in [2.45, 2.75) is 6.82 Å². The third-order valence-corrected chi connectivity index (χ3v) is 3.30. The smallest absolute Gasteiger partial charge is 0.211 e. The molecule has 0 bridgehead atoms. The molecule has 1 aromatic rings. The first-order valence-corrected chi connectivity index (χ1v) is 5.52. The van der Waals surface area contributed by atoms with Gasteiger partial charge in [0, 0.05) is 18.4 Å². The van der Waals surface area contributed by atoms with Gasteiger partial charge >= 0.3 is 0 Å². The fourth-order valence-electron chi connectivity index (χ4n) is 2.41. The molecule has 80 valence electrons. The van der Waals surface area contributed by atoms with Gasteiger partial charge in [-0.3, -0.25) is 0 Å². The first-order chi connectivity index (χ1) is 7.70. The third-order valence-electron chi connectivity index (χ3n) is 3.30. The molecule has 0 spiro atoms. The van der Waals surface area contributed by atoms with E-state index in [1.807, 2.05) is 12.2 Å². The summed E-state index contributed by atoms with van der Waals surface area (Å²) < 4.78 is 0. The second kappa shape index (κ2) is 4.05. The highest BCUT2D eigenvalue weighted by atomic mass is 15.1. The molecule has 0 aromatic heterocycles. The lowest BCUT2D eigenvalue weighted by molar-refractivity contribution is 1.13. The molecule has 0 fully saturated rings. The molecule has 0 radical (unpaired) electrons. The lowest BCUT2D eigenvalue weighted by atomic mass is 9.40. The Hall–Kier alpha value is -1.70. The second-order valence-electron chi connectivity index (χ2n) is 4.09. The second-order valence-corrected chi connectivity index (χ2v) is 4.09. The summed E-state index contributed by atoms with van der Waals surface area (Å²) in [6, 6.07) is 8.49. The molecule has 1 heterocycles. The maximum absolute atomic E-state index is 3.91. The number of fused-ring (bicyclic) bond motifs is 1. The van der Waals surface area contributed by atoms with Gasteiger partial charge < -0.3 is 4.90 Å². The Kier molecular flexibility index (Phi) is 2.74. The summed E-state index contributed by atoms with van der Waals surface area (Å²) in [5, 5.41) is 0. The van der Waals surface area contributed by atoms with Gasteiger partial charge in [-0.05, 0) is 12.1 Å². The molecule has 0 unspecified atom stereocenters. The summed E-state index contributed by atoms with van der Waals surface area (Å²) >= 11 is 0. The molecule has 2 heteroatoms. The first kappa shape index (κ1) is 10.8. The molecule has 0 saturated carbocycles. The molecule has 16 heavy (non-hydrogen) atoms. The van der Waals surface area contributed by atoms with Crippen LogP contribution in [0, 0.1) is 0 Å². The zero-order chi connectivity index (χ0) is 11.7. The minimum Gasteiger partial charge on any atom is -0.345 e. The lowest BCUT2D eigenvalue weighted by Crippen LogP contribution is -2.40. The van der Waals surface area contributed by atoms with E-state index in [9.17, 15) is 0 Å². The fraction of sp³-hybridized carbons (Fsp3) is 0.143. The van der Waals surface area contributed by atoms with E-state index in [1.54, 1.807) is 0 Å². The van der Waals surface area contributed by atoms with Gasteiger partial charge in [0.05, 0.1) is 0 Å². The molecule has 0 atom stereocenters. The Balaban J connectivity index is 2.66. The van der Waals surface area contributed by atoms with Gasteiger partial charge in [-0.15, -0.1) is 0 Å². The van der Waals surface area contributed by atoms with Gasteiger partial charge in [-0.2, -0.15) is 0 Å². The molecule has 1 aromatic carbocycles. The quantitative estimate of drug-likeness (QED) is 0.676. The van der Waals surface area contributed by atoms with E-state index in [0.29, 0.717) is 6.71 Å². The van der Waals surface area contributed by atoms with Crippen LogP contribution in [0.1, 0.15) is 0 Å². The summed E-state index contributed by atoms with van der Waals surface area (Å²) in [5.74, 6) is 0. The standard InChI is InChI=1S/C14H16BN/c1-5-11-13(6-2)16(4)14-10-8-7-9-12(14)15(11)3/h5-10H,1-2H2,3-4H3. The normalized spacial score (nSPS) is 14.9. The van der Waals surface area contributed by atoms with Crippen molar-refractivity contribution >= 4 is 17.9 Å². The SMILES string of the molecule is C=CC1=C(C=C)N(C)c2ccccc2B1C. The largest absolute Gasteiger partial charge is 0.345 e. The summed E-state index contributed by atoms with van der Waals surface area (Å²) in [5.41, 5.74) is 5.01. The minimum absolute atomic E-state index is 0.387. The van der Waals surface area contributed by atoms with Gasteiger partial charge in [0.25, 0.3) is 0 Å². The fourth-order valence-corrected chi connectivity index (χ4v) is 2.41. The average molecular weight is 209 g/mol. The van der Waals surface area contributed by atoms with Gasteiger partial charge in [0.15, 0.2) is 0 Å². The molecule has 1 aliphatic heterocycles. The van der Waals surface area contributed by atoms with Crippen molar-refractivity contribution < 1.29 is 0 Å². The van der Waals surface area contributed by atoms with Crippen LogP contribution in [-0.4, -0.2) is 13.8 Å². The van der Waals surface area contributed by atoms with E-state index >= 15 is 0 Å². The van der Waals surface area contributed by atoms with Crippen molar-refractivity contribution in [1.29, 1.82) is 0 Å². The summed E-state index contributed by atoms with van der Waals surface area (Å²) in [6.45, 7) is 10.4. The number of hydrogen-bond donors (Lipinski definition) is 0. The third kappa shape index (κ3) is 1.42. The van der Waals surface area contributed by atoms with Crippen molar-refractivity contribution in [3.63, 3.8) is 0 Å². The van der Waals surface area contributed by atoms with Crippen LogP contribution in [0.3, 0.4) is 0 Å². The van der Waals surface area contributed by atoms with Crippen molar-refractivity contribution in [3.05, 3.63) is 60.7 Å². The Labute approximate surface area is 97.9 Å². The topological polar surface area (TPSA) is 3.24 Å². The Morgan fingerprint density at radius 1 is 1.19 bits per heavy atom. The predicted octanol–water partition coefficient (Wildman–Crippen LogP) is 2.63. The Morgan fingerprint density at radius 2 is 1.88 bits per heavy atom. The monoisotopic (exact) mass is 209 g/mol. The molecule has 1 aliphatic rings. The Morgan fingerprint density at radius 3 is 2.50 bits per heavy atom. The molecule has 1 nitrogen and oxygen atoms in total. The van der Waals surface area contributed by atoms with Crippen LogP contribution in [0.5, 0.6) is 0 Å². The highest BCUT2D eigenvalue weighted by Gasteiger charge is 2.27. The number of anilines is 1. The van der Waals surface area contributed by atoms with Crippen molar-refractivity contribution in [3.8, 4) is 0 Å². The number of nitrogens with zero attached hydrogens (tertiary/aromatic N) is 1. The summed E-state index contributed by atoms with van der Waals surface area (Å²) in [4.78, 5) is 2.18. The number of allylic oxidation sites excluding steroid dienone is 3. The van der Waals surface area contributed by atoms with E-state index in [1.165, 1.54) is 16.6 Å². The Bertz CT molecular complexity index is 430. The lowest BCUT2D eigenvalue weighted by Gasteiger charge is -2.33. The van der Waals surface area contributed by atoms with Gasteiger partial charge in [0.2, 0.25) is 6.71 Å². The molecule has 2 rings (SSSR count). The molecular formula is C14H16BN. The van der Waals surface area contributed by atoms with Crippen LogP contribution in [0.2, 0.25) is 6.82 Å². The van der Waals surface area contributed by atoms with Crippen molar-refractivity contribution in [2.24, 2.45) is 0 Å². The summed E-state index contributed by atoms with van der Waals surface area (Å²) in [6.07, 6.45) is 3.84. The van der Waals surface area contributed by atoms with Crippen LogP contribution >= 0.6 is 0 Å². The highest BCUT2D eigenvalue weighted by molar-refractivity contribution is 6.81. The van der Waals surface area contributed by atoms with Gasteiger partial charge in [0.1, 0.15) is 0 Å². The summed E-state index contributed by atoms with van der Waals surface area (Å²) in [7, 11) is 2.07. The van der Waals surface area contributed by atoms with Gasteiger partial charge in [-0.1, -0.05) is 55.2 Å². The highest BCUT2D eigenvalue weighted by Crippen LogP contribution is 2.26. The number of rotatable bonds is 2. The molecule has 0 amide bonds. The molecule has 0 saturated heterocycles. The molecule has 0 aliphatic carbocycles. The average Bonchev–Trinajstić information content (AvgIpc) is 2.33. The van der Waals surface area contributed by atoms with E-state index in [-0.39, 0.29) is 0 Å². The van der Waals surface area contributed by atoms with Gasteiger partial charge in [-0.25, -0.2) is 0 Å². The van der Waals surface area contributed by atoms with Crippen molar-refractivity contribution in [2.75, 3.05) is 11.9 Å². The minimum atomic E-state index is 0.387. The van der Waals surface area contributed by atoms with Crippen LogP contribution in [0.4, 0.5) is 5.69 Å². The van der Waals surface area contributed by atoms with Crippen LogP contribution in [-0.2, 0) is 0 Å². The number of para-hydroxylation sites is 1. The van der Waals surface area contributed by atoms with Crippen LogP contribution in [0.15, 0.2) is 60.7 Å². The molecular weight excluding hydrogens is 193 g/mol. The zero-order valence-corrected chi connectivity index (χ0v) is 9.90. The van der Waals surface area contributed by atoms with Crippen LogP contribution < -0.4 is 10.4 Å². The zero-order valence-electron chi connectivity index (χ0n) is 9.90. The molecule has 0 N–H and O–H groups in total. The van der Waals surface area contributed by atoms with E-state index in [4.69, 9.17) is 0 Å². The van der Waals surface area contributed by atoms with E-state index in [0.717, 1.165) is 5.70 Å².